The molecule has 0 unspecified atom stereocenters. The second-order valence-electron chi connectivity index (χ2n) is 7.03. The first-order valence-corrected chi connectivity index (χ1v) is 10.5. The van der Waals surface area contributed by atoms with Crippen LogP contribution in [0.25, 0.3) is 10.2 Å². The maximum Gasteiger partial charge on any atom is 0.260 e. The molecule has 4 aromatic rings. The van der Waals surface area contributed by atoms with Crippen LogP contribution < -0.4 is 14.4 Å². The molecule has 0 saturated heterocycles. The Balaban J connectivity index is 1.56. The third kappa shape index (κ3) is 3.48. The van der Waals surface area contributed by atoms with Crippen molar-refractivity contribution in [2.75, 3.05) is 18.1 Å². The summed E-state index contributed by atoms with van der Waals surface area (Å²) in [6.07, 6.45) is 3.49. The smallest absolute Gasteiger partial charge is 0.260 e. The lowest BCUT2D eigenvalue weighted by Gasteiger charge is -2.22. The number of para-hydroxylation sites is 1. The SMILES string of the molecule is Cc1cccc2sc(N(Cc3cccnc3)C(=O)c3ccc4c(c3)OCCO4)nc12. The average molecular weight is 417 g/mol. The van der Waals surface area contributed by atoms with Crippen molar-refractivity contribution in [3.05, 3.63) is 77.6 Å². The largest absolute Gasteiger partial charge is 0.486 e. The van der Waals surface area contributed by atoms with E-state index in [1.807, 2.05) is 37.3 Å². The van der Waals surface area contributed by atoms with Crippen LogP contribution in [-0.2, 0) is 6.54 Å². The molecule has 30 heavy (non-hydrogen) atoms. The molecular weight excluding hydrogens is 398 g/mol. The van der Waals surface area contributed by atoms with Gasteiger partial charge in [0.15, 0.2) is 16.6 Å². The molecule has 150 valence electrons. The first-order chi connectivity index (χ1) is 14.7. The second-order valence-corrected chi connectivity index (χ2v) is 8.04. The first-order valence-electron chi connectivity index (χ1n) is 9.65. The highest BCUT2D eigenvalue weighted by Crippen LogP contribution is 2.34. The minimum atomic E-state index is -0.146. The van der Waals surface area contributed by atoms with E-state index in [1.165, 1.54) is 11.3 Å². The summed E-state index contributed by atoms with van der Waals surface area (Å²) in [7, 11) is 0. The topological polar surface area (TPSA) is 64.6 Å². The Hall–Kier alpha value is -3.45. The number of fused-ring (bicyclic) bond motifs is 2. The molecule has 1 amide bonds. The predicted octanol–water partition coefficient (Wildman–Crippen LogP) is 4.62. The number of anilines is 1. The van der Waals surface area contributed by atoms with Crippen molar-refractivity contribution in [2.24, 2.45) is 0 Å². The summed E-state index contributed by atoms with van der Waals surface area (Å²) in [6, 6.07) is 15.2. The monoisotopic (exact) mass is 417 g/mol. The number of ether oxygens (including phenoxy) is 2. The molecule has 6 nitrogen and oxygen atoms in total. The summed E-state index contributed by atoms with van der Waals surface area (Å²) >= 11 is 1.51. The van der Waals surface area contributed by atoms with E-state index in [0.717, 1.165) is 21.3 Å². The normalized spacial score (nSPS) is 12.7. The molecule has 0 saturated carbocycles. The molecule has 5 rings (SSSR count). The molecule has 0 aliphatic carbocycles. The summed E-state index contributed by atoms with van der Waals surface area (Å²) in [6.45, 7) is 3.39. The maximum absolute atomic E-state index is 13.6. The zero-order chi connectivity index (χ0) is 20.5. The Labute approximate surface area is 177 Å². The molecule has 0 bridgehead atoms. The van der Waals surface area contributed by atoms with Crippen molar-refractivity contribution in [2.45, 2.75) is 13.5 Å². The van der Waals surface area contributed by atoms with Crippen LogP contribution in [0.1, 0.15) is 21.5 Å². The number of rotatable bonds is 4. The van der Waals surface area contributed by atoms with Gasteiger partial charge in [0.25, 0.3) is 5.91 Å². The third-order valence-corrected chi connectivity index (χ3v) is 5.98. The van der Waals surface area contributed by atoms with Crippen LogP contribution in [0.2, 0.25) is 0 Å². The van der Waals surface area contributed by atoms with Gasteiger partial charge >= 0.3 is 0 Å². The van der Waals surface area contributed by atoms with Crippen molar-refractivity contribution in [3.63, 3.8) is 0 Å². The van der Waals surface area contributed by atoms with Gasteiger partial charge in [-0.3, -0.25) is 14.7 Å². The molecule has 1 aliphatic rings. The second kappa shape index (κ2) is 7.76. The fourth-order valence-electron chi connectivity index (χ4n) is 3.42. The number of carbonyl (C=O) groups excluding carboxylic acids is 1. The van der Waals surface area contributed by atoms with Crippen molar-refractivity contribution in [1.29, 1.82) is 0 Å². The van der Waals surface area contributed by atoms with Crippen LogP contribution in [0.3, 0.4) is 0 Å². The van der Waals surface area contributed by atoms with E-state index in [1.54, 1.807) is 35.5 Å². The number of benzene rings is 2. The van der Waals surface area contributed by atoms with E-state index in [9.17, 15) is 4.79 Å². The Morgan fingerprint density at radius 1 is 1.10 bits per heavy atom. The summed E-state index contributed by atoms with van der Waals surface area (Å²) in [4.78, 5) is 24.3. The van der Waals surface area contributed by atoms with Crippen molar-refractivity contribution < 1.29 is 14.3 Å². The van der Waals surface area contributed by atoms with E-state index in [-0.39, 0.29) is 5.91 Å². The highest BCUT2D eigenvalue weighted by molar-refractivity contribution is 7.22. The molecular formula is C23H19N3O3S. The van der Waals surface area contributed by atoms with Gasteiger partial charge in [0.2, 0.25) is 0 Å². The minimum absolute atomic E-state index is 0.146. The molecule has 1 aliphatic heterocycles. The quantitative estimate of drug-likeness (QED) is 0.485. The third-order valence-electron chi connectivity index (χ3n) is 4.94. The lowest BCUT2D eigenvalue weighted by molar-refractivity contribution is 0.0984. The van der Waals surface area contributed by atoms with Crippen molar-refractivity contribution in [3.8, 4) is 11.5 Å². The molecule has 0 N–H and O–H groups in total. The summed E-state index contributed by atoms with van der Waals surface area (Å²) in [5.41, 5.74) is 3.46. The molecule has 7 heteroatoms. The molecule has 0 radical (unpaired) electrons. The lowest BCUT2D eigenvalue weighted by atomic mass is 10.1. The molecule has 2 aromatic heterocycles. The van der Waals surface area contributed by atoms with Gasteiger partial charge < -0.3 is 9.47 Å². The van der Waals surface area contributed by atoms with Gasteiger partial charge in [-0.1, -0.05) is 29.5 Å². The Bertz CT molecular complexity index is 1220. The molecule has 0 spiro atoms. The number of thiazole rings is 1. The molecule has 0 atom stereocenters. The fraction of sp³-hybridized carbons (Fsp3) is 0.174. The van der Waals surface area contributed by atoms with Gasteiger partial charge in [-0.2, -0.15) is 0 Å². The van der Waals surface area contributed by atoms with Gasteiger partial charge in [0.1, 0.15) is 13.2 Å². The first kappa shape index (κ1) is 18.6. The lowest BCUT2D eigenvalue weighted by Crippen LogP contribution is -2.30. The van der Waals surface area contributed by atoms with E-state index >= 15 is 0 Å². The van der Waals surface area contributed by atoms with Gasteiger partial charge in [-0.25, -0.2) is 4.98 Å². The van der Waals surface area contributed by atoms with Gasteiger partial charge in [0.05, 0.1) is 16.8 Å². The van der Waals surface area contributed by atoms with E-state index < -0.39 is 0 Å². The average Bonchev–Trinajstić information content (AvgIpc) is 3.23. The zero-order valence-corrected chi connectivity index (χ0v) is 17.2. The van der Waals surface area contributed by atoms with Gasteiger partial charge in [-0.05, 0) is 48.4 Å². The zero-order valence-electron chi connectivity index (χ0n) is 16.4. The number of nitrogens with zero attached hydrogens (tertiary/aromatic N) is 3. The molecule has 2 aromatic carbocycles. The standard InChI is InChI=1S/C23H19N3O3S/c1-15-4-2-6-20-21(15)25-23(30-20)26(14-16-5-3-9-24-13-16)22(27)17-7-8-18-19(12-17)29-11-10-28-18/h2-9,12-13H,10-11,14H2,1H3. The van der Waals surface area contributed by atoms with Gasteiger partial charge in [-0.15, -0.1) is 0 Å². The number of pyridine rings is 1. The minimum Gasteiger partial charge on any atom is -0.486 e. The van der Waals surface area contributed by atoms with Crippen LogP contribution in [0.5, 0.6) is 11.5 Å². The summed E-state index contributed by atoms with van der Waals surface area (Å²) in [5.74, 6) is 1.10. The molecule has 3 heterocycles. The Morgan fingerprint density at radius 3 is 2.77 bits per heavy atom. The van der Waals surface area contributed by atoms with Crippen LogP contribution in [0, 0.1) is 6.92 Å². The fourth-order valence-corrected chi connectivity index (χ4v) is 4.46. The van der Waals surface area contributed by atoms with Crippen LogP contribution >= 0.6 is 11.3 Å². The number of aromatic nitrogens is 2. The maximum atomic E-state index is 13.6. The Morgan fingerprint density at radius 2 is 1.97 bits per heavy atom. The number of carbonyl (C=O) groups is 1. The summed E-state index contributed by atoms with van der Waals surface area (Å²) < 4.78 is 12.3. The van der Waals surface area contributed by atoms with E-state index in [0.29, 0.717) is 42.0 Å². The van der Waals surface area contributed by atoms with E-state index in [2.05, 4.69) is 4.98 Å². The number of hydrogen-bond donors (Lipinski definition) is 0. The van der Waals surface area contributed by atoms with Crippen molar-refractivity contribution in [1.82, 2.24) is 9.97 Å². The number of hydrogen-bond acceptors (Lipinski definition) is 6. The van der Waals surface area contributed by atoms with E-state index in [4.69, 9.17) is 14.5 Å². The highest BCUT2D eigenvalue weighted by Gasteiger charge is 2.24. The number of amides is 1. The van der Waals surface area contributed by atoms with Crippen molar-refractivity contribution >= 4 is 32.6 Å². The highest BCUT2D eigenvalue weighted by atomic mass is 32.1. The predicted molar refractivity (Wildman–Crippen MR) is 117 cm³/mol. The summed E-state index contributed by atoms with van der Waals surface area (Å²) in [5, 5.41) is 0.656. The van der Waals surface area contributed by atoms with Gasteiger partial charge in [0, 0.05) is 18.0 Å². The number of aryl methyl sites for hydroxylation is 1. The Kier molecular flexibility index (Phi) is 4.80. The van der Waals surface area contributed by atoms with Crippen LogP contribution in [0.15, 0.2) is 60.9 Å². The van der Waals surface area contributed by atoms with Crippen LogP contribution in [0.4, 0.5) is 5.13 Å². The van der Waals surface area contributed by atoms with Crippen LogP contribution in [-0.4, -0.2) is 29.1 Å². The molecule has 0 fully saturated rings.